The Morgan fingerprint density at radius 3 is 2.50 bits per heavy atom. The molecule has 1 N–H and O–H groups in total. The van der Waals surface area contributed by atoms with E-state index in [9.17, 15) is 9.59 Å². The Bertz CT molecular complexity index is 520. The maximum absolute atomic E-state index is 11.9. The highest BCUT2D eigenvalue weighted by Crippen LogP contribution is 2.27. The van der Waals surface area contributed by atoms with Gasteiger partial charge in [-0.2, -0.15) is 0 Å². The van der Waals surface area contributed by atoms with E-state index in [-0.39, 0.29) is 12.0 Å². The minimum atomic E-state index is -0.565. The van der Waals surface area contributed by atoms with Crippen LogP contribution in [0.4, 0.5) is 4.79 Å². The molecule has 0 aliphatic carbocycles. The zero-order valence-corrected chi connectivity index (χ0v) is 14.7. The van der Waals surface area contributed by atoms with Crippen LogP contribution in [0.25, 0.3) is 0 Å². The minimum absolute atomic E-state index is 0.105. The Hall–Kier alpha value is -1.63. The van der Waals surface area contributed by atoms with Gasteiger partial charge >= 0.3 is 12.1 Å². The molecule has 22 heavy (non-hydrogen) atoms. The predicted molar refractivity (Wildman–Crippen MR) is 85.0 cm³/mol. The quantitative estimate of drug-likeness (QED) is 0.837. The number of aromatic nitrogens is 1. The van der Waals surface area contributed by atoms with E-state index in [0.29, 0.717) is 16.5 Å². The van der Waals surface area contributed by atoms with Crippen LogP contribution in [-0.2, 0) is 9.47 Å². The molecule has 1 rings (SSSR count). The highest BCUT2D eigenvalue weighted by atomic mass is 32.1. The highest BCUT2D eigenvalue weighted by Gasteiger charge is 2.26. The molecule has 1 aromatic heterocycles. The van der Waals surface area contributed by atoms with Gasteiger partial charge in [0.05, 0.1) is 18.8 Å². The summed E-state index contributed by atoms with van der Waals surface area (Å²) in [5.41, 5.74) is -0.565. The number of carbonyl (C=O) groups excluding carboxylic acids is 2. The van der Waals surface area contributed by atoms with Crippen LogP contribution in [-0.4, -0.2) is 29.3 Å². The van der Waals surface area contributed by atoms with Gasteiger partial charge in [0.15, 0.2) is 0 Å². The lowest BCUT2D eigenvalue weighted by Crippen LogP contribution is -2.36. The van der Waals surface area contributed by atoms with Crippen LogP contribution in [0, 0.1) is 5.92 Å². The van der Waals surface area contributed by atoms with Crippen molar-refractivity contribution in [2.75, 3.05) is 6.61 Å². The molecule has 124 valence electrons. The van der Waals surface area contributed by atoms with Gasteiger partial charge in [-0.05, 0) is 33.6 Å². The third-order valence-electron chi connectivity index (χ3n) is 2.61. The first kappa shape index (κ1) is 18.4. The van der Waals surface area contributed by atoms with E-state index in [4.69, 9.17) is 9.47 Å². The molecule has 0 aliphatic heterocycles. The Morgan fingerprint density at radius 1 is 1.36 bits per heavy atom. The molecular formula is C15H24N2O4S. The number of nitrogens with zero attached hydrogens (tertiary/aromatic N) is 1. The maximum atomic E-state index is 11.9. The Morgan fingerprint density at radius 2 is 2.00 bits per heavy atom. The molecule has 0 spiro atoms. The van der Waals surface area contributed by atoms with Crippen molar-refractivity contribution in [3.63, 3.8) is 0 Å². The first-order chi connectivity index (χ1) is 10.1. The van der Waals surface area contributed by atoms with Crippen molar-refractivity contribution in [1.29, 1.82) is 0 Å². The van der Waals surface area contributed by atoms with Gasteiger partial charge < -0.3 is 14.8 Å². The lowest BCUT2D eigenvalue weighted by Gasteiger charge is -2.24. The first-order valence-corrected chi connectivity index (χ1v) is 8.08. The number of esters is 1. The van der Waals surface area contributed by atoms with Crippen molar-refractivity contribution in [2.45, 2.75) is 53.2 Å². The molecule has 0 fully saturated rings. The van der Waals surface area contributed by atoms with Crippen LogP contribution >= 0.6 is 11.3 Å². The fraction of sp³-hybridized carbons (Fsp3) is 0.667. The summed E-state index contributed by atoms with van der Waals surface area (Å²) in [6.45, 7) is 11.4. The van der Waals surface area contributed by atoms with Crippen LogP contribution in [0.5, 0.6) is 0 Å². The summed E-state index contributed by atoms with van der Waals surface area (Å²) in [6.07, 6.45) is 0.975. The van der Waals surface area contributed by atoms with Crippen LogP contribution in [0.15, 0.2) is 6.20 Å². The van der Waals surface area contributed by atoms with E-state index < -0.39 is 17.7 Å². The summed E-state index contributed by atoms with van der Waals surface area (Å²) in [6, 6.07) is -0.317. The number of amides is 1. The van der Waals surface area contributed by atoms with Crippen LogP contribution in [0.2, 0.25) is 0 Å². The molecule has 1 heterocycles. The van der Waals surface area contributed by atoms with E-state index in [1.165, 1.54) is 17.5 Å². The fourth-order valence-corrected chi connectivity index (χ4v) is 2.71. The van der Waals surface area contributed by atoms with Gasteiger partial charge in [-0.25, -0.2) is 14.6 Å². The summed E-state index contributed by atoms with van der Waals surface area (Å²) < 4.78 is 10.2. The summed E-state index contributed by atoms with van der Waals surface area (Å²) >= 11 is 1.22. The zero-order valence-electron chi connectivity index (χ0n) is 13.9. The molecule has 0 unspecified atom stereocenters. The van der Waals surface area contributed by atoms with E-state index in [1.807, 2.05) is 13.8 Å². The molecule has 1 atom stereocenters. The summed E-state index contributed by atoms with van der Waals surface area (Å²) in [5.74, 6) is -0.292. The second-order valence-electron chi connectivity index (χ2n) is 6.15. The number of carbonyl (C=O) groups is 2. The van der Waals surface area contributed by atoms with E-state index in [1.54, 1.807) is 27.7 Å². The molecule has 0 bridgehead atoms. The van der Waals surface area contributed by atoms with Crippen molar-refractivity contribution < 1.29 is 19.1 Å². The highest BCUT2D eigenvalue weighted by molar-refractivity contribution is 7.13. The van der Waals surface area contributed by atoms with E-state index >= 15 is 0 Å². The van der Waals surface area contributed by atoms with Gasteiger partial charge in [0.2, 0.25) is 0 Å². The smallest absolute Gasteiger partial charge is 0.408 e. The molecule has 0 saturated carbocycles. The lowest BCUT2D eigenvalue weighted by atomic mass is 10.1. The Labute approximate surface area is 135 Å². The largest absolute Gasteiger partial charge is 0.462 e. The molecule has 0 aromatic carbocycles. The molecule has 1 amide bonds. The van der Waals surface area contributed by atoms with Crippen molar-refractivity contribution in [3.8, 4) is 0 Å². The Balaban J connectivity index is 2.84. The summed E-state index contributed by atoms with van der Waals surface area (Å²) in [4.78, 5) is 28.3. The number of hydrogen-bond acceptors (Lipinski definition) is 6. The average Bonchev–Trinajstić information content (AvgIpc) is 2.83. The van der Waals surface area contributed by atoms with Gasteiger partial charge in [0.25, 0.3) is 0 Å². The van der Waals surface area contributed by atoms with Crippen molar-refractivity contribution in [3.05, 3.63) is 16.1 Å². The van der Waals surface area contributed by atoms with E-state index in [0.717, 1.165) is 0 Å². The van der Waals surface area contributed by atoms with Crippen LogP contribution < -0.4 is 5.32 Å². The molecule has 0 radical (unpaired) electrons. The first-order valence-electron chi connectivity index (χ1n) is 7.26. The molecule has 0 aliphatic rings. The number of nitrogens with one attached hydrogen (secondary N) is 1. The molecule has 0 saturated heterocycles. The average molecular weight is 328 g/mol. The van der Waals surface area contributed by atoms with Gasteiger partial charge in [-0.1, -0.05) is 13.8 Å². The second kappa shape index (κ2) is 7.58. The maximum Gasteiger partial charge on any atom is 0.408 e. The van der Waals surface area contributed by atoms with Gasteiger partial charge in [-0.3, -0.25) is 0 Å². The fourth-order valence-electron chi connectivity index (χ4n) is 1.68. The summed E-state index contributed by atoms with van der Waals surface area (Å²) in [5, 5.41) is 3.46. The minimum Gasteiger partial charge on any atom is -0.462 e. The standard InChI is InChI=1S/C15H24N2O4S/c1-7-20-13(18)10-8-16-12(22-10)11(9(2)3)17-14(19)21-15(4,5)6/h8-9,11H,7H2,1-6H3,(H,17,19)/t11-/m1/s1. The number of ether oxygens (including phenoxy) is 2. The molecule has 7 heteroatoms. The topological polar surface area (TPSA) is 77.5 Å². The summed E-state index contributed by atoms with van der Waals surface area (Å²) in [7, 11) is 0. The monoisotopic (exact) mass is 328 g/mol. The number of rotatable bonds is 5. The van der Waals surface area contributed by atoms with Crippen molar-refractivity contribution in [1.82, 2.24) is 10.3 Å². The normalized spacial score (nSPS) is 12.9. The Kier molecular flexibility index (Phi) is 6.34. The number of hydrogen-bond donors (Lipinski definition) is 1. The molecular weight excluding hydrogens is 304 g/mol. The van der Waals surface area contributed by atoms with Gasteiger partial charge in [0, 0.05) is 0 Å². The third kappa shape index (κ3) is 5.63. The zero-order chi connectivity index (χ0) is 16.9. The van der Waals surface area contributed by atoms with Crippen molar-refractivity contribution >= 4 is 23.4 Å². The SMILES string of the molecule is CCOC(=O)c1cnc([C@H](NC(=O)OC(C)(C)C)C(C)C)s1. The number of alkyl carbamates (subject to hydrolysis) is 1. The third-order valence-corrected chi connectivity index (χ3v) is 3.67. The number of thiazole rings is 1. The van der Waals surface area contributed by atoms with Crippen LogP contribution in [0.3, 0.4) is 0 Å². The molecule has 6 nitrogen and oxygen atoms in total. The van der Waals surface area contributed by atoms with Crippen LogP contribution in [0.1, 0.15) is 62.3 Å². The van der Waals surface area contributed by atoms with Gasteiger partial charge in [0.1, 0.15) is 15.5 Å². The van der Waals surface area contributed by atoms with E-state index in [2.05, 4.69) is 10.3 Å². The second-order valence-corrected chi connectivity index (χ2v) is 7.21. The van der Waals surface area contributed by atoms with Crippen molar-refractivity contribution in [2.24, 2.45) is 5.92 Å². The lowest BCUT2D eigenvalue weighted by molar-refractivity contribution is 0.0487. The predicted octanol–water partition coefficient (Wildman–Crippen LogP) is 3.54. The molecule has 1 aromatic rings. The van der Waals surface area contributed by atoms with Gasteiger partial charge in [-0.15, -0.1) is 11.3 Å².